The van der Waals surface area contributed by atoms with E-state index >= 15 is 0 Å². The van der Waals surface area contributed by atoms with Crippen molar-refractivity contribution >= 4 is 0 Å². The van der Waals surface area contributed by atoms with E-state index in [0.29, 0.717) is 5.92 Å². The van der Waals surface area contributed by atoms with Gasteiger partial charge in [-0.3, -0.25) is 0 Å². The van der Waals surface area contributed by atoms with Crippen LogP contribution in [0.3, 0.4) is 0 Å². The van der Waals surface area contributed by atoms with Gasteiger partial charge >= 0.3 is 0 Å². The first-order valence-electron chi connectivity index (χ1n) is 4.21. The summed E-state index contributed by atoms with van der Waals surface area (Å²) in [7, 11) is 0. The summed E-state index contributed by atoms with van der Waals surface area (Å²) in [6.45, 7) is 3.85. The van der Waals surface area contributed by atoms with Gasteiger partial charge in [0.25, 0.3) is 0 Å². The quantitative estimate of drug-likeness (QED) is 0.548. The Balaban J connectivity index is 2.89. The van der Waals surface area contributed by atoms with Gasteiger partial charge < -0.3 is 11.5 Å². The smallest absolute Gasteiger partial charge is 0.00515 e. The first kappa shape index (κ1) is 9.92. The molecule has 0 spiro atoms. The highest BCUT2D eigenvalue weighted by Gasteiger charge is 1.96. The number of nitrogens with two attached hydrogens (primary N) is 2. The van der Waals surface area contributed by atoms with Crippen LogP contribution in [0.25, 0.3) is 0 Å². The Hall–Kier alpha value is -0.0800. The van der Waals surface area contributed by atoms with Crippen LogP contribution >= 0.6 is 0 Å². The highest BCUT2D eigenvalue weighted by atomic mass is 14.5. The molecule has 0 aromatic carbocycles. The lowest BCUT2D eigenvalue weighted by molar-refractivity contribution is 0.501. The molecule has 0 saturated carbocycles. The molecule has 62 valence electrons. The van der Waals surface area contributed by atoms with Gasteiger partial charge in [-0.2, -0.15) is 0 Å². The SMILES string of the molecule is CC(CN)CCCCCN. The number of unbranched alkanes of at least 4 members (excludes halogenated alkanes) is 2. The van der Waals surface area contributed by atoms with Crippen LogP contribution in [-0.2, 0) is 0 Å². The third-order valence-corrected chi connectivity index (χ3v) is 1.80. The van der Waals surface area contributed by atoms with E-state index in [9.17, 15) is 0 Å². The van der Waals surface area contributed by atoms with E-state index in [1.54, 1.807) is 0 Å². The van der Waals surface area contributed by atoms with E-state index in [1.165, 1.54) is 19.3 Å². The van der Waals surface area contributed by atoms with Crippen LogP contribution in [0, 0.1) is 5.92 Å². The highest BCUT2D eigenvalue weighted by molar-refractivity contribution is 4.53. The Kier molecular flexibility index (Phi) is 6.98. The zero-order valence-corrected chi connectivity index (χ0v) is 6.97. The lowest BCUT2D eigenvalue weighted by Crippen LogP contribution is -2.10. The molecule has 0 fully saturated rings. The molecule has 0 aliphatic rings. The fourth-order valence-corrected chi connectivity index (χ4v) is 0.932. The summed E-state index contributed by atoms with van der Waals surface area (Å²) in [6, 6.07) is 0. The average molecular weight is 144 g/mol. The molecule has 4 N–H and O–H groups in total. The minimum absolute atomic E-state index is 0.692. The molecule has 0 rings (SSSR count). The van der Waals surface area contributed by atoms with Gasteiger partial charge in [-0.05, 0) is 31.8 Å². The van der Waals surface area contributed by atoms with E-state index in [1.807, 2.05) is 0 Å². The molecule has 0 aliphatic carbocycles. The van der Waals surface area contributed by atoms with Crippen molar-refractivity contribution in [1.29, 1.82) is 0 Å². The van der Waals surface area contributed by atoms with E-state index in [0.717, 1.165) is 19.5 Å². The van der Waals surface area contributed by atoms with Gasteiger partial charge in [-0.25, -0.2) is 0 Å². The zero-order chi connectivity index (χ0) is 7.82. The van der Waals surface area contributed by atoms with E-state index in [4.69, 9.17) is 11.5 Å². The topological polar surface area (TPSA) is 52.0 Å². The largest absolute Gasteiger partial charge is 0.330 e. The van der Waals surface area contributed by atoms with E-state index in [2.05, 4.69) is 6.92 Å². The van der Waals surface area contributed by atoms with Gasteiger partial charge in [0, 0.05) is 0 Å². The summed E-state index contributed by atoms with van der Waals surface area (Å²) < 4.78 is 0. The third kappa shape index (κ3) is 6.05. The van der Waals surface area contributed by atoms with Crippen molar-refractivity contribution in [2.75, 3.05) is 13.1 Å². The van der Waals surface area contributed by atoms with Crippen LogP contribution < -0.4 is 11.5 Å². The Labute approximate surface area is 64.0 Å². The molecular weight excluding hydrogens is 124 g/mol. The van der Waals surface area contributed by atoms with Gasteiger partial charge in [0.05, 0.1) is 0 Å². The van der Waals surface area contributed by atoms with Crippen LogP contribution in [0.1, 0.15) is 32.6 Å². The van der Waals surface area contributed by atoms with Crippen LogP contribution in [0.15, 0.2) is 0 Å². The number of hydrogen-bond acceptors (Lipinski definition) is 2. The minimum atomic E-state index is 0.692. The fraction of sp³-hybridized carbons (Fsp3) is 1.00. The van der Waals surface area contributed by atoms with Crippen molar-refractivity contribution in [3.8, 4) is 0 Å². The van der Waals surface area contributed by atoms with Gasteiger partial charge in [0.1, 0.15) is 0 Å². The molecule has 0 heterocycles. The average Bonchev–Trinajstić information content (AvgIpc) is 1.98. The van der Waals surface area contributed by atoms with Crippen LogP contribution in [0.2, 0.25) is 0 Å². The summed E-state index contributed by atoms with van der Waals surface area (Å²) in [5, 5.41) is 0. The molecule has 0 aliphatic heterocycles. The predicted octanol–water partition coefficient (Wildman–Crippen LogP) is 1.10. The summed E-state index contributed by atoms with van der Waals surface area (Å²) in [5.41, 5.74) is 10.8. The van der Waals surface area contributed by atoms with Crippen molar-refractivity contribution in [2.24, 2.45) is 17.4 Å². The summed E-state index contributed by atoms with van der Waals surface area (Å²) in [6.07, 6.45) is 4.98. The Bertz CT molecular complexity index is 64.3. The van der Waals surface area contributed by atoms with Gasteiger partial charge in [-0.1, -0.05) is 19.8 Å². The summed E-state index contributed by atoms with van der Waals surface area (Å²) in [4.78, 5) is 0. The lowest BCUT2D eigenvalue weighted by Gasteiger charge is -2.06. The molecule has 0 aromatic heterocycles. The standard InChI is InChI=1S/C8H20N2/c1-8(7-10)5-3-2-4-6-9/h8H,2-7,9-10H2,1H3. The van der Waals surface area contributed by atoms with Crippen molar-refractivity contribution < 1.29 is 0 Å². The molecule has 0 bridgehead atoms. The second kappa shape index (κ2) is 7.03. The molecule has 1 atom stereocenters. The molecule has 0 amide bonds. The molecule has 2 nitrogen and oxygen atoms in total. The fourth-order valence-electron chi connectivity index (χ4n) is 0.932. The third-order valence-electron chi connectivity index (χ3n) is 1.80. The second-order valence-electron chi connectivity index (χ2n) is 2.98. The predicted molar refractivity (Wildman–Crippen MR) is 45.7 cm³/mol. The van der Waals surface area contributed by atoms with Crippen molar-refractivity contribution in [3.63, 3.8) is 0 Å². The van der Waals surface area contributed by atoms with Crippen LogP contribution in [0.5, 0.6) is 0 Å². The Morgan fingerprint density at radius 3 is 2.30 bits per heavy atom. The maximum atomic E-state index is 5.46. The van der Waals surface area contributed by atoms with Crippen LogP contribution in [0.4, 0.5) is 0 Å². The number of rotatable bonds is 6. The molecule has 10 heavy (non-hydrogen) atoms. The normalized spacial score (nSPS) is 13.5. The van der Waals surface area contributed by atoms with Gasteiger partial charge in [-0.15, -0.1) is 0 Å². The van der Waals surface area contributed by atoms with Crippen molar-refractivity contribution in [1.82, 2.24) is 0 Å². The second-order valence-corrected chi connectivity index (χ2v) is 2.98. The van der Waals surface area contributed by atoms with Crippen molar-refractivity contribution in [2.45, 2.75) is 32.6 Å². The van der Waals surface area contributed by atoms with Gasteiger partial charge in [0.15, 0.2) is 0 Å². The number of hydrogen-bond donors (Lipinski definition) is 2. The first-order chi connectivity index (χ1) is 4.81. The highest BCUT2D eigenvalue weighted by Crippen LogP contribution is 2.06. The lowest BCUT2D eigenvalue weighted by atomic mass is 10.0. The monoisotopic (exact) mass is 144 g/mol. The maximum absolute atomic E-state index is 5.46. The van der Waals surface area contributed by atoms with Crippen LogP contribution in [-0.4, -0.2) is 13.1 Å². The molecule has 0 saturated heterocycles. The minimum Gasteiger partial charge on any atom is -0.330 e. The Morgan fingerprint density at radius 1 is 1.10 bits per heavy atom. The molecule has 0 aromatic rings. The first-order valence-corrected chi connectivity index (χ1v) is 4.21. The summed E-state index contributed by atoms with van der Waals surface area (Å²) >= 11 is 0. The van der Waals surface area contributed by atoms with E-state index < -0.39 is 0 Å². The molecule has 1 unspecified atom stereocenters. The zero-order valence-electron chi connectivity index (χ0n) is 6.97. The van der Waals surface area contributed by atoms with Crippen molar-refractivity contribution in [3.05, 3.63) is 0 Å². The maximum Gasteiger partial charge on any atom is -0.00515 e. The van der Waals surface area contributed by atoms with Gasteiger partial charge in [0.2, 0.25) is 0 Å². The molecule has 0 radical (unpaired) electrons. The molecular formula is C8H20N2. The summed E-state index contributed by atoms with van der Waals surface area (Å²) in [5.74, 6) is 0.692. The Morgan fingerprint density at radius 2 is 1.80 bits per heavy atom. The molecule has 2 heteroatoms. The van der Waals surface area contributed by atoms with E-state index in [-0.39, 0.29) is 0 Å².